The van der Waals surface area contributed by atoms with Gasteiger partial charge in [0.15, 0.2) is 0 Å². The monoisotopic (exact) mass is 193 g/mol. The first-order valence-electron chi connectivity index (χ1n) is 5.29. The molecule has 0 amide bonds. The van der Waals surface area contributed by atoms with Gasteiger partial charge >= 0.3 is 0 Å². The summed E-state index contributed by atoms with van der Waals surface area (Å²) >= 11 is 0. The number of benzene rings is 1. The van der Waals surface area contributed by atoms with Gasteiger partial charge in [-0.15, -0.1) is 0 Å². The summed E-state index contributed by atoms with van der Waals surface area (Å²) in [6, 6.07) is 8.25. The topological polar surface area (TPSA) is 21.3 Å². The van der Waals surface area contributed by atoms with E-state index in [1.807, 2.05) is 12.1 Å². The van der Waals surface area contributed by atoms with Gasteiger partial charge in [0.05, 0.1) is 6.61 Å². The molecule has 1 aromatic carbocycles. The minimum atomic E-state index is 0.796. The molecule has 0 atom stereocenters. The maximum absolute atomic E-state index is 5.55. The van der Waals surface area contributed by atoms with Gasteiger partial charge < -0.3 is 10.1 Å². The standard InChI is InChI=1S/C12H19NO/c1-3-8-14-12-7-5-6-11(9-12)10-13-4-2/h5-7,9,13H,3-4,8,10H2,1-2H3. The van der Waals surface area contributed by atoms with Crippen LogP contribution in [-0.4, -0.2) is 13.2 Å². The highest BCUT2D eigenvalue weighted by atomic mass is 16.5. The smallest absolute Gasteiger partial charge is 0.119 e. The fourth-order valence-corrected chi connectivity index (χ4v) is 1.23. The molecule has 0 saturated carbocycles. The van der Waals surface area contributed by atoms with E-state index in [1.54, 1.807) is 0 Å². The van der Waals surface area contributed by atoms with Crippen LogP contribution in [0.3, 0.4) is 0 Å². The van der Waals surface area contributed by atoms with Gasteiger partial charge in [-0.1, -0.05) is 26.0 Å². The van der Waals surface area contributed by atoms with E-state index in [9.17, 15) is 0 Å². The Morgan fingerprint density at radius 3 is 2.86 bits per heavy atom. The molecule has 0 saturated heterocycles. The van der Waals surface area contributed by atoms with Crippen molar-refractivity contribution in [2.24, 2.45) is 0 Å². The minimum Gasteiger partial charge on any atom is -0.494 e. The molecule has 2 nitrogen and oxygen atoms in total. The second-order valence-corrected chi connectivity index (χ2v) is 3.28. The summed E-state index contributed by atoms with van der Waals surface area (Å²) in [4.78, 5) is 0. The third kappa shape index (κ3) is 3.79. The zero-order valence-electron chi connectivity index (χ0n) is 9.05. The zero-order valence-corrected chi connectivity index (χ0v) is 9.05. The van der Waals surface area contributed by atoms with Crippen LogP contribution >= 0.6 is 0 Å². The van der Waals surface area contributed by atoms with Crippen molar-refractivity contribution in [3.8, 4) is 5.75 Å². The molecule has 0 bridgehead atoms. The highest BCUT2D eigenvalue weighted by Crippen LogP contribution is 2.13. The summed E-state index contributed by atoms with van der Waals surface area (Å²) in [6.07, 6.45) is 1.05. The minimum absolute atomic E-state index is 0.796. The molecule has 0 aliphatic heterocycles. The quantitative estimate of drug-likeness (QED) is 0.749. The Morgan fingerprint density at radius 1 is 1.29 bits per heavy atom. The molecular formula is C12H19NO. The molecule has 78 valence electrons. The van der Waals surface area contributed by atoms with Gasteiger partial charge in [0.2, 0.25) is 0 Å². The van der Waals surface area contributed by atoms with E-state index < -0.39 is 0 Å². The first-order chi connectivity index (χ1) is 6.86. The summed E-state index contributed by atoms with van der Waals surface area (Å²) in [5, 5.41) is 3.29. The molecule has 0 aliphatic rings. The lowest BCUT2D eigenvalue weighted by Crippen LogP contribution is -2.11. The van der Waals surface area contributed by atoms with Crippen LogP contribution in [0, 0.1) is 0 Å². The predicted molar refractivity (Wildman–Crippen MR) is 59.6 cm³/mol. The summed E-state index contributed by atoms with van der Waals surface area (Å²) in [7, 11) is 0. The van der Waals surface area contributed by atoms with Crippen molar-refractivity contribution >= 4 is 0 Å². The molecule has 14 heavy (non-hydrogen) atoms. The van der Waals surface area contributed by atoms with Gasteiger partial charge in [-0.05, 0) is 30.7 Å². The highest BCUT2D eigenvalue weighted by molar-refractivity contribution is 5.28. The Morgan fingerprint density at radius 2 is 2.14 bits per heavy atom. The third-order valence-electron chi connectivity index (χ3n) is 1.95. The number of nitrogens with one attached hydrogen (secondary N) is 1. The van der Waals surface area contributed by atoms with Crippen molar-refractivity contribution in [1.82, 2.24) is 5.32 Å². The zero-order chi connectivity index (χ0) is 10.2. The van der Waals surface area contributed by atoms with Crippen LogP contribution in [0.15, 0.2) is 24.3 Å². The second-order valence-electron chi connectivity index (χ2n) is 3.28. The van der Waals surface area contributed by atoms with E-state index in [4.69, 9.17) is 4.74 Å². The van der Waals surface area contributed by atoms with Crippen LogP contribution in [0.5, 0.6) is 5.75 Å². The fourth-order valence-electron chi connectivity index (χ4n) is 1.23. The summed E-state index contributed by atoms with van der Waals surface area (Å²) < 4.78 is 5.55. The molecular weight excluding hydrogens is 174 g/mol. The van der Waals surface area contributed by atoms with Crippen molar-refractivity contribution in [3.63, 3.8) is 0 Å². The maximum atomic E-state index is 5.55. The third-order valence-corrected chi connectivity index (χ3v) is 1.95. The lowest BCUT2D eigenvalue weighted by atomic mass is 10.2. The van der Waals surface area contributed by atoms with Gasteiger partial charge in [-0.2, -0.15) is 0 Å². The summed E-state index contributed by atoms with van der Waals surface area (Å²) in [5.74, 6) is 0.974. The fraction of sp³-hybridized carbons (Fsp3) is 0.500. The molecule has 0 unspecified atom stereocenters. The van der Waals surface area contributed by atoms with Gasteiger partial charge in [0.25, 0.3) is 0 Å². The van der Waals surface area contributed by atoms with Gasteiger partial charge in [0, 0.05) is 6.54 Å². The largest absolute Gasteiger partial charge is 0.494 e. The van der Waals surface area contributed by atoms with Crippen LogP contribution in [0.2, 0.25) is 0 Å². The Hall–Kier alpha value is -1.02. The lowest BCUT2D eigenvalue weighted by Gasteiger charge is -2.07. The molecule has 0 radical (unpaired) electrons. The average Bonchev–Trinajstić information content (AvgIpc) is 2.24. The van der Waals surface area contributed by atoms with Crippen LogP contribution in [0.25, 0.3) is 0 Å². The number of hydrogen-bond donors (Lipinski definition) is 1. The van der Waals surface area contributed by atoms with Crippen molar-refractivity contribution in [1.29, 1.82) is 0 Å². The Bertz CT molecular complexity index is 237. The lowest BCUT2D eigenvalue weighted by molar-refractivity contribution is 0.317. The van der Waals surface area contributed by atoms with Crippen LogP contribution in [0.1, 0.15) is 25.8 Å². The van der Waals surface area contributed by atoms with Gasteiger partial charge in [0.1, 0.15) is 5.75 Å². The van der Waals surface area contributed by atoms with Crippen molar-refractivity contribution in [2.45, 2.75) is 26.8 Å². The summed E-state index contributed by atoms with van der Waals surface area (Å²) in [6.45, 7) is 6.93. The van der Waals surface area contributed by atoms with E-state index in [-0.39, 0.29) is 0 Å². The molecule has 0 fully saturated rings. The summed E-state index contributed by atoms with van der Waals surface area (Å²) in [5.41, 5.74) is 1.28. The molecule has 2 heteroatoms. The molecule has 0 aliphatic carbocycles. The Labute approximate surface area is 86.3 Å². The normalized spacial score (nSPS) is 10.1. The van der Waals surface area contributed by atoms with E-state index in [1.165, 1.54) is 5.56 Å². The number of hydrogen-bond acceptors (Lipinski definition) is 2. The highest BCUT2D eigenvalue weighted by Gasteiger charge is 1.95. The van der Waals surface area contributed by atoms with Crippen LogP contribution in [0.4, 0.5) is 0 Å². The van der Waals surface area contributed by atoms with Crippen molar-refractivity contribution in [2.75, 3.05) is 13.2 Å². The molecule has 1 rings (SSSR count). The first kappa shape index (κ1) is 11.1. The van der Waals surface area contributed by atoms with Gasteiger partial charge in [-0.25, -0.2) is 0 Å². The molecule has 1 aromatic rings. The van der Waals surface area contributed by atoms with E-state index in [0.717, 1.165) is 31.9 Å². The molecule has 0 aromatic heterocycles. The first-order valence-corrected chi connectivity index (χ1v) is 5.29. The van der Waals surface area contributed by atoms with E-state index >= 15 is 0 Å². The molecule has 0 spiro atoms. The number of ether oxygens (including phenoxy) is 1. The van der Waals surface area contributed by atoms with E-state index in [2.05, 4.69) is 31.3 Å². The maximum Gasteiger partial charge on any atom is 0.119 e. The van der Waals surface area contributed by atoms with Crippen molar-refractivity contribution < 1.29 is 4.74 Å². The Kier molecular flexibility index (Phi) is 5.08. The predicted octanol–water partition coefficient (Wildman–Crippen LogP) is 2.58. The average molecular weight is 193 g/mol. The van der Waals surface area contributed by atoms with E-state index in [0.29, 0.717) is 0 Å². The second kappa shape index (κ2) is 6.44. The molecule has 1 N–H and O–H groups in total. The molecule has 0 heterocycles. The van der Waals surface area contributed by atoms with Crippen LogP contribution < -0.4 is 10.1 Å². The van der Waals surface area contributed by atoms with Crippen LogP contribution in [-0.2, 0) is 6.54 Å². The van der Waals surface area contributed by atoms with Gasteiger partial charge in [-0.3, -0.25) is 0 Å². The number of rotatable bonds is 6. The SMILES string of the molecule is CCCOc1cccc(CNCC)c1. The Balaban J connectivity index is 2.50. The van der Waals surface area contributed by atoms with Crippen molar-refractivity contribution in [3.05, 3.63) is 29.8 Å².